The summed E-state index contributed by atoms with van der Waals surface area (Å²) in [4.78, 5) is 38.1. The first kappa shape index (κ1) is 30.4. The number of carbonyl (C=O) groups excluding carboxylic acids is 1. The molecule has 2 atom stereocenters. The third-order valence-electron chi connectivity index (χ3n) is 9.42. The monoisotopic (exact) mass is 660 g/mol. The zero-order valence-corrected chi connectivity index (χ0v) is 25.7. The molecule has 1 spiro atoms. The van der Waals surface area contributed by atoms with Crippen molar-refractivity contribution in [3.8, 4) is 16.9 Å². The van der Waals surface area contributed by atoms with Gasteiger partial charge in [-0.1, -0.05) is 24.3 Å². The number of nitrogens with zero attached hydrogens (tertiary/aromatic N) is 5. The van der Waals surface area contributed by atoms with Crippen LogP contribution in [0.25, 0.3) is 32.2 Å². The Labute approximate surface area is 263 Å². The first-order chi connectivity index (χ1) is 21.7. The minimum Gasteiger partial charge on any atom is -0.490 e. The molecule has 1 saturated heterocycles. The van der Waals surface area contributed by atoms with Crippen LogP contribution >= 0.6 is 11.3 Å². The summed E-state index contributed by atoms with van der Waals surface area (Å²) in [6.07, 6.45) is -1.66. The van der Waals surface area contributed by atoms with Crippen molar-refractivity contribution in [2.75, 3.05) is 30.3 Å². The molecule has 1 aliphatic carbocycles. The fourth-order valence-corrected chi connectivity index (χ4v) is 8.03. The highest BCUT2D eigenvalue weighted by Crippen LogP contribution is 2.53. The zero-order valence-electron chi connectivity index (χ0n) is 24.9. The summed E-state index contributed by atoms with van der Waals surface area (Å²) in [5.74, 6) is -2.94. The number of anilines is 2. The largest absolute Gasteiger partial charge is 0.490 e. The van der Waals surface area contributed by atoms with Gasteiger partial charge < -0.3 is 20.3 Å². The fourth-order valence-electron chi connectivity index (χ4n) is 7.28. The number of halogens is 5. The molecule has 0 radical (unpaired) electrons. The molecule has 2 fully saturated rings. The number of piperazine rings is 1. The zero-order chi connectivity index (χ0) is 32.9. The Morgan fingerprint density at radius 2 is 1.83 bits per heavy atom. The predicted octanol–water partition coefficient (Wildman–Crippen LogP) is 5.73. The molecule has 4 aromatic rings. The molecule has 2 N–H and O–H groups in total. The van der Waals surface area contributed by atoms with Crippen LogP contribution in [0.3, 0.4) is 0 Å². The summed E-state index contributed by atoms with van der Waals surface area (Å²) >= 11 is 0.685. The lowest BCUT2D eigenvalue weighted by atomic mass is 9.69. The second kappa shape index (κ2) is 10.4. The average Bonchev–Trinajstić information content (AvgIpc) is 3.24. The van der Waals surface area contributed by atoms with E-state index in [1.54, 1.807) is 23.6 Å². The van der Waals surface area contributed by atoms with Crippen molar-refractivity contribution >= 4 is 49.3 Å². The van der Waals surface area contributed by atoms with Gasteiger partial charge in [-0.05, 0) is 38.8 Å². The molecule has 2 aliphatic heterocycles. The average molecular weight is 661 g/mol. The van der Waals surface area contributed by atoms with Gasteiger partial charge in [0.05, 0.1) is 27.9 Å². The summed E-state index contributed by atoms with van der Waals surface area (Å²) in [5.41, 5.74) is 1.70. The highest BCUT2D eigenvalue weighted by molar-refractivity contribution is 7.22. The van der Waals surface area contributed by atoms with E-state index in [-0.39, 0.29) is 70.0 Å². The number of hydrogen-bond donors (Lipinski definition) is 1. The minimum atomic E-state index is -5.05. The number of aromatic nitrogens is 3. The van der Waals surface area contributed by atoms with Crippen LogP contribution in [0.2, 0.25) is 0 Å². The van der Waals surface area contributed by atoms with Gasteiger partial charge in [0, 0.05) is 59.7 Å². The molecular weight excluding hydrogens is 631 g/mol. The normalized spacial score (nSPS) is 20.9. The van der Waals surface area contributed by atoms with E-state index < -0.39 is 57.7 Å². The van der Waals surface area contributed by atoms with Crippen molar-refractivity contribution in [1.82, 2.24) is 19.4 Å². The lowest BCUT2D eigenvalue weighted by Gasteiger charge is -2.44. The Morgan fingerprint density at radius 3 is 2.43 bits per heavy atom. The van der Waals surface area contributed by atoms with Crippen molar-refractivity contribution in [1.29, 1.82) is 0 Å². The smallest absolute Gasteiger partial charge is 0.417 e. The second-order valence-electron chi connectivity index (χ2n) is 12.5. The Balaban J connectivity index is 1.56. The highest BCUT2D eigenvalue weighted by Gasteiger charge is 2.45. The summed E-state index contributed by atoms with van der Waals surface area (Å²) in [5, 5.41) is -0.169. The molecule has 0 bridgehead atoms. The van der Waals surface area contributed by atoms with Gasteiger partial charge in [-0.3, -0.25) is 9.36 Å². The van der Waals surface area contributed by atoms with Gasteiger partial charge in [0.25, 0.3) is 0 Å². The number of hydrogen-bond acceptors (Lipinski definition) is 8. The molecular formula is C31H29F5N6O3S. The van der Waals surface area contributed by atoms with Crippen LogP contribution < -0.4 is 21.1 Å². The molecule has 7 rings (SSSR count). The van der Waals surface area contributed by atoms with E-state index in [4.69, 9.17) is 10.5 Å². The number of thiazole rings is 1. The topological polar surface area (TPSA) is 107 Å². The maximum atomic E-state index is 15.8. The number of fused-ring (bicyclic) bond motifs is 1. The molecule has 0 unspecified atom stereocenters. The first-order valence-electron chi connectivity index (χ1n) is 14.8. The van der Waals surface area contributed by atoms with Crippen molar-refractivity contribution in [2.45, 2.75) is 57.9 Å². The minimum absolute atomic E-state index is 0.00487. The molecule has 46 heavy (non-hydrogen) atoms. The van der Waals surface area contributed by atoms with Gasteiger partial charge >= 0.3 is 11.9 Å². The lowest BCUT2D eigenvalue weighted by Crippen LogP contribution is -2.58. The van der Waals surface area contributed by atoms with Crippen LogP contribution in [0.15, 0.2) is 29.6 Å². The van der Waals surface area contributed by atoms with E-state index in [0.29, 0.717) is 30.2 Å². The number of nitrogen functional groups attached to an aromatic ring is 1. The summed E-state index contributed by atoms with van der Waals surface area (Å²) in [6.45, 7) is 7.61. The van der Waals surface area contributed by atoms with E-state index in [0.717, 1.165) is 12.5 Å². The molecule has 1 saturated carbocycles. The van der Waals surface area contributed by atoms with E-state index in [2.05, 4.69) is 16.5 Å². The van der Waals surface area contributed by atoms with E-state index in [1.165, 1.54) is 10.6 Å². The van der Waals surface area contributed by atoms with Gasteiger partial charge in [-0.15, -0.1) is 0 Å². The number of ether oxygens (including phenoxy) is 1. The van der Waals surface area contributed by atoms with Crippen molar-refractivity contribution < 1.29 is 31.5 Å². The maximum absolute atomic E-state index is 15.8. The molecule has 9 nitrogen and oxygen atoms in total. The van der Waals surface area contributed by atoms with Gasteiger partial charge in [-0.25, -0.2) is 18.6 Å². The Kier molecular flexibility index (Phi) is 6.85. The molecule has 15 heteroatoms. The Bertz CT molecular complexity index is 2010. The number of alkyl halides is 3. The van der Waals surface area contributed by atoms with Gasteiger partial charge in [0.2, 0.25) is 5.91 Å². The summed E-state index contributed by atoms with van der Waals surface area (Å²) < 4.78 is 83.5. The fraction of sp³-hybridized carbons (Fsp3) is 0.419. The van der Waals surface area contributed by atoms with Crippen LogP contribution in [0, 0.1) is 17.0 Å². The number of nitrogens with two attached hydrogens (primary N) is 1. The van der Waals surface area contributed by atoms with Crippen LogP contribution in [0.5, 0.6) is 5.75 Å². The third-order valence-corrected chi connectivity index (χ3v) is 10.3. The molecule has 242 valence electrons. The van der Waals surface area contributed by atoms with Crippen LogP contribution in [0.1, 0.15) is 38.7 Å². The quantitative estimate of drug-likeness (QED) is 0.221. The van der Waals surface area contributed by atoms with Crippen molar-refractivity contribution in [3.63, 3.8) is 0 Å². The first-order valence-corrected chi connectivity index (χ1v) is 15.6. The number of benzene rings is 2. The maximum Gasteiger partial charge on any atom is 0.417 e. The standard InChI is InChI=1S/C31H29F5N6O3S/c1-4-20(43)42-14(2)10-40(11-15(42)3)27-16-8-17(31(34,35)36)21(22-18(32)9-19(33)26-23(22)38-28(37)46-26)25-24(16)41(29(44)39-27)12-30(13-45-25)6-5-7-30/h4,8-9,14-15H,1,5-7,10-13H2,2-3H3,(H2,37,38)/t14-,15+. The summed E-state index contributed by atoms with van der Waals surface area (Å²) in [6, 6.07) is 0.580. The molecule has 1 amide bonds. The number of rotatable bonds is 3. The Morgan fingerprint density at radius 1 is 1.13 bits per heavy atom. The molecule has 2 aromatic carbocycles. The molecule has 2 aromatic heterocycles. The van der Waals surface area contributed by atoms with E-state index >= 15 is 17.6 Å². The number of amides is 1. The summed E-state index contributed by atoms with van der Waals surface area (Å²) in [7, 11) is 0. The Hall–Kier alpha value is -4.27. The predicted molar refractivity (Wildman–Crippen MR) is 164 cm³/mol. The van der Waals surface area contributed by atoms with Crippen LogP contribution in [0.4, 0.5) is 32.9 Å². The van der Waals surface area contributed by atoms with Gasteiger partial charge in [0.15, 0.2) is 10.9 Å². The second-order valence-corrected chi connectivity index (χ2v) is 13.5. The van der Waals surface area contributed by atoms with Gasteiger partial charge in [0.1, 0.15) is 17.5 Å². The van der Waals surface area contributed by atoms with Crippen molar-refractivity contribution in [2.24, 2.45) is 5.41 Å². The lowest BCUT2D eigenvalue weighted by molar-refractivity contribution is -0.137. The van der Waals surface area contributed by atoms with E-state index in [1.807, 2.05) is 0 Å². The third kappa shape index (κ3) is 4.53. The molecule has 4 heterocycles. The van der Waals surface area contributed by atoms with Gasteiger partial charge in [-0.2, -0.15) is 18.2 Å². The van der Waals surface area contributed by atoms with Crippen LogP contribution in [-0.4, -0.2) is 57.1 Å². The molecule has 3 aliphatic rings. The number of carbonyl (C=O) groups is 1. The highest BCUT2D eigenvalue weighted by atomic mass is 32.1. The van der Waals surface area contributed by atoms with Crippen molar-refractivity contribution in [3.05, 3.63) is 52.5 Å². The van der Waals surface area contributed by atoms with E-state index in [9.17, 15) is 14.0 Å². The SMILES string of the molecule is C=CC(=O)N1[C@H](C)CN(c2nc(=O)n3c4c(c(-c5c(F)cc(F)c6sc(N)nc56)c(C(F)(F)F)cc24)OCC2(CCC2)C3)C[C@@H]1C. The van der Waals surface area contributed by atoms with Crippen LogP contribution in [-0.2, 0) is 17.5 Å².